The molecular weight excluding hydrogens is 489 g/mol. The molecule has 9 nitrogen and oxygen atoms in total. The average molecular weight is 526 g/mol. The molecule has 0 radical (unpaired) electrons. The fraction of sp³-hybridized carbons (Fsp3) is 0.464. The third-order valence-electron chi connectivity index (χ3n) is 6.66. The number of methoxy groups -OCH3 is 1. The van der Waals surface area contributed by atoms with E-state index in [0.29, 0.717) is 32.7 Å². The number of carbonyl (C=O) groups excluding carboxylic acids is 2. The number of amides is 3. The van der Waals surface area contributed by atoms with Gasteiger partial charge in [0.25, 0.3) is 5.91 Å². The molecule has 0 bridgehead atoms. The van der Waals surface area contributed by atoms with Gasteiger partial charge in [0.15, 0.2) is 0 Å². The molecule has 0 aromatic heterocycles. The van der Waals surface area contributed by atoms with E-state index in [1.165, 1.54) is 17.1 Å². The highest BCUT2D eigenvalue weighted by molar-refractivity contribution is 6.03. The summed E-state index contributed by atoms with van der Waals surface area (Å²) in [5.41, 5.74) is 2.38. The minimum atomic E-state index is -0.408. The van der Waals surface area contributed by atoms with Crippen LogP contribution in [0.1, 0.15) is 37.4 Å². The SMILES string of the molecule is COc1ccc(C2=NN(C(=O)CN(CCN3CCOCC3)C(=O)NC(C)C)[C@@H](c3ccc(F)cc3)C2)cc1. The van der Waals surface area contributed by atoms with Crippen molar-refractivity contribution in [3.63, 3.8) is 0 Å². The Hall–Kier alpha value is -3.50. The first-order valence-corrected chi connectivity index (χ1v) is 13.0. The number of ether oxygens (including phenoxy) is 2. The number of hydrazone groups is 1. The molecule has 2 aromatic carbocycles. The summed E-state index contributed by atoms with van der Waals surface area (Å²) in [5, 5.41) is 9.04. The molecule has 1 N–H and O–H groups in total. The molecule has 3 amide bonds. The maximum absolute atomic E-state index is 13.7. The first-order chi connectivity index (χ1) is 18.3. The Balaban J connectivity index is 1.55. The van der Waals surface area contributed by atoms with Crippen LogP contribution in [0.3, 0.4) is 0 Å². The first kappa shape index (κ1) is 27.5. The molecular formula is C28H36FN5O4. The summed E-state index contributed by atoms with van der Waals surface area (Å²) in [5.74, 6) is 0.0757. The van der Waals surface area contributed by atoms with Gasteiger partial charge in [-0.05, 0) is 61.4 Å². The van der Waals surface area contributed by atoms with Crippen molar-refractivity contribution >= 4 is 17.6 Å². The summed E-state index contributed by atoms with van der Waals surface area (Å²) in [6.45, 7) is 7.59. The largest absolute Gasteiger partial charge is 0.497 e. The molecule has 4 rings (SSSR count). The molecule has 0 spiro atoms. The van der Waals surface area contributed by atoms with Crippen molar-refractivity contribution in [3.05, 3.63) is 65.5 Å². The third-order valence-corrected chi connectivity index (χ3v) is 6.66. The van der Waals surface area contributed by atoms with Crippen LogP contribution in [0.4, 0.5) is 9.18 Å². The van der Waals surface area contributed by atoms with E-state index in [-0.39, 0.29) is 30.3 Å². The minimum Gasteiger partial charge on any atom is -0.497 e. The van der Waals surface area contributed by atoms with E-state index < -0.39 is 6.04 Å². The highest BCUT2D eigenvalue weighted by Crippen LogP contribution is 2.33. The smallest absolute Gasteiger partial charge is 0.318 e. The van der Waals surface area contributed by atoms with Crippen LogP contribution in [0.25, 0.3) is 0 Å². The second-order valence-electron chi connectivity index (χ2n) is 9.76. The van der Waals surface area contributed by atoms with Gasteiger partial charge in [0.05, 0.1) is 32.1 Å². The van der Waals surface area contributed by atoms with Crippen molar-refractivity contribution in [2.45, 2.75) is 32.4 Å². The van der Waals surface area contributed by atoms with Crippen molar-refractivity contribution in [1.82, 2.24) is 20.1 Å². The number of hydrogen-bond acceptors (Lipinski definition) is 6. The number of carbonyl (C=O) groups is 2. The molecule has 0 saturated carbocycles. The summed E-state index contributed by atoms with van der Waals surface area (Å²) in [6, 6.07) is 12.8. The second-order valence-corrected chi connectivity index (χ2v) is 9.76. The molecule has 204 valence electrons. The molecule has 0 aliphatic carbocycles. The highest BCUT2D eigenvalue weighted by atomic mass is 19.1. The lowest BCUT2D eigenvalue weighted by Crippen LogP contribution is -2.50. The topological polar surface area (TPSA) is 86.7 Å². The van der Waals surface area contributed by atoms with E-state index in [4.69, 9.17) is 14.6 Å². The molecule has 10 heteroatoms. The van der Waals surface area contributed by atoms with Crippen LogP contribution < -0.4 is 10.1 Å². The van der Waals surface area contributed by atoms with Gasteiger partial charge in [0.2, 0.25) is 0 Å². The van der Waals surface area contributed by atoms with Crippen molar-refractivity contribution < 1.29 is 23.5 Å². The number of rotatable bonds is 9. The lowest BCUT2D eigenvalue weighted by molar-refractivity contribution is -0.133. The summed E-state index contributed by atoms with van der Waals surface area (Å²) in [7, 11) is 1.60. The van der Waals surface area contributed by atoms with Gasteiger partial charge in [-0.25, -0.2) is 14.2 Å². The van der Waals surface area contributed by atoms with E-state index in [1.807, 2.05) is 38.1 Å². The maximum atomic E-state index is 13.7. The molecule has 2 aliphatic rings. The number of nitrogens with one attached hydrogen (secondary N) is 1. The van der Waals surface area contributed by atoms with Crippen LogP contribution in [0, 0.1) is 5.82 Å². The fourth-order valence-corrected chi connectivity index (χ4v) is 4.56. The van der Waals surface area contributed by atoms with E-state index in [2.05, 4.69) is 10.2 Å². The zero-order valence-electron chi connectivity index (χ0n) is 22.2. The van der Waals surface area contributed by atoms with Gasteiger partial charge in [-0.15, -0.1) is 0 Å². The predicted octanol–water partition coefficient (Wildman–Crippen LogP) is 3.26. The van der Waals surface area contributed by atoms with Crippen LogP contribution in [0.15, 0.2) is 53.6 Å². The number of hydrogen-bond donors (Lipinski definition) is 1. The lowest BCUT2D eigenvalue weighted by Gasteiger charge is -2.31. The van der Waals surface area contributed by atoms with Crippen LogP contribution in [0.5, 0.6) is 5.75 Å². The Morgan fingerprint density at radius 1 is 1.13 bits per heavy atom. The second kappa shape index (κ2) is 12.8. The summed E-state index contributed by atoms with van der Waals surface area (Å²) < 4.78 is 24.3. The Bertz CT molecular complexity index is 1120. The van der Waals surface area contributed by atoms with Gasteiger partial charge in [-0.2, -0.15) is 5.10 Å². The zero-order valence-corrected chi connectivity index (χ0v) is 22.2. The van der Waals surface area contributed by atoms with Crippen LogP contribution >= 0.6 is 0 Å². The van der Waals surface area contributed by atoms with Gasteiger partial charge in [-0.1, -0.05) is 12.1 Å². The van der Waals surface area contributed by atoms with E-state index in [9.17, 15) is 14.0 Å². The van der Waals surface area contributed by atoms with Crippen molar-refractivity contribution in [2.75, 3.05) is 53.0 Å². The van der Waals surface area contributed by atoms with Crippen LogP contribution in [-0.2, 0) is 9.53 Å². The Kier molecular flexibility index (Phi) is 9.30. The van der Waals surface area contributed by atoms with Crippen LogP contribution in [-0.4, -0.2) is 91.5 Å². The predicted molar refractivity (Wildman–Crippen MR) is 143 cm³/mol. The summed E-state index contributed by atoms with van der Waals surface area (Å²) in [4.78, 5) is 30.5. The number of morpholine rings is 1. The minimum absolute atomic E-state index is 0.0677. The number of urea groups is 1. The van der Waals surface area contributed by atoms with Gasteiger partial charge >= 0.3 is 6.03 Å². The fourth-order valence-electron chi connectivity index (χ4n) is 4.56. The van der Waals surface area contributed by atoms with Crippen LogP contribution in [0.2, 0.25) is 0 Å². The van der Waals surface area contributed by atoms with E-state index >= 15 is 0 Å². The molecule has 1 atom stereocenters. The normalized spacial score (nSPS) is 17.9. The quantitative estimate of drug-likeness (QED) is 0.543. The molecule has 2 aliphatic heterocycles. The van der Waals surface area contributed by atoms with Gasteiger partial charge in [0, 0.05) is 38.6 Å². The van der Waals surface area contributed by atoms with Gasteiger partial charge < -0.3 is 19.7 Å². The maximum Gasteiger partial charge on any atom is 0.318 e. The molecule has 2 heterocycles. The molecule has 1 fully saturated rings. The zero-order chi connectivity index (χ0) is 27.1. The average Bonchev–Trinajstić information content (AvgIpc) is 3.37. The standard InChI is InChI=1S/C28H36FN5O4/c1-20(2)30-28(36)33(13-12-32-14-16-38-17-15-32)19-27(35)34-26(22-4-8-23(29)9-5-22)18-25(31-34)21-6-10-24(37-3)11-7-21/h4-11,20,26H,12-19H2,1-3H3,(H,30,36)/t26-/m1/s1. The first-order valence-electron chi connectivity index (χ1n) is 13.0. The lowest BCUT2D eigenvalue weighted by atomic mass is 9.98. The molecule has 2 aromatic rings. The Labute approximate surface area is 223 Å². The van der Waals surface area contributed by atoms with E-state index in [0.717, 1.165) is 35.7 Å². The summed E-state index contributed by atoms with van der Waals surface area (Å²) >= 11 is 0. The Morgan fingerprint density at radius 2 is 1.82 bits per heavy atom. The van der Waals surface area contributed by atoms with E-state index in [1.54, 1.807) is 24.1 Å². The number of nitrogens with zero attached hydrogens (tertiary/aromatic N) is 4. The van der Waals surface area contributed by atoms with Gasteiger partial charge in [-0.3, -0.25) is 9.69 Å². The molecule has 38 heavy (non-hydrogen) atoms. The number of halogens is 1. The summed E-state index contributed by atoms with van der Waals surface area (Å²) in [6.07, 6.45) is 0.468. The monoisotopic (exact) mass is 525 g/mol. The van der Waals surface area contributed by atoms with Crippen molar-refractivity contribution in [1.29, 1.82) is 0 Å². The molecule has 0 unspecified atom stereocenters. The van der Waals surface area contributed by atoms with Gasteiger partial charge in [0.1, 0.15) is 18.1 Å². The van der Waals surface area contributed by atoms with Crippen molar-refractivity contribution in [2.24, 2.45) is 5.10 Å². The highest BCUT2D eigenvalue weighted by Gasteiger charge is 2.34. The number of benzene rings is 2. The Morgan fingerprint density at radius 3 is 2.45 bits per heavy atom. The third kappa shape index (κ3) is 7.08. The van der Waals surface area contributed by atoms with Crippen molar-refractivity contribution in [3.8, 4) is 5.75 Å². The molecule has 1 saturated heterocycles.